The van der Waals surface area contributed by atoms with E-state index < -0.39 is 12.6 Å². The van der Waals surface area contributed by atoms with Crippen LogP contribution in [0.1, 0.15) is 61.4 Å². The standard InChI is InChI=1S/C24H33NO7/c1-28-22(27)18-6-2-17(3-7-18)15-25-21(26)9-5-16-4-8-19(23-29-10-11-30-23)20(14-16)24-31-12-13-32-24/h4,8,14,17-18,23-24H,2-3,5-7,9-13,15H2,1H3,(H,25,26)/t17-,18-. The normalized spacial score (nSPS) is 24.5. The van der Waals surface area contributed by atoms with Crippen molar-refractivity contribution in [2.45, 2.75) is 51.1 Å². The number of methoxy groups -OCH3 is 1. The van der Waals surface area contributed by atoms with Gasteiger partial charge in [-0.3, -0.25) is 9.59 Å². The summed E-state index contributed by atoms with van der Waals surface area (Å²) in [5.41, 5.74) is 2.88. The lowest BCUT2D eigenvalue weighted by Crippen LogP contribution is -2.32. The fraction of sp³-hybridized carbons (Fsp3) is 0.667. The van der Waals surface area contributed by atoms with Crippen LogP contribution in [0.4, 0.5) is 0 Å². The first kappa shape index (κ1) is 23.2. The molecule has 1 aromatic rings. The monoisotopic (exact) mass is 447 g/mol. The maximum absolute atomic E-state index is 12.4. The lowest BCUT2D eigenvalue weighted by Gasteiger charge is -2.27. The summed E-state index contributed by atoms with van der Waals surface area (Å²) in [5.74, 6) is 0.365. The van der Waals surface area contributed by atoms with E-state index >= 15 is 0 Å². The number of hydrogen-bond acceptors (Lipinski definition) is 7. The summed E-state index contributed by atoms with van der Waals surface area (Å²) in [7, 11) is 1.44. The number of benzene rings is 1. The molecule has 3 fully saturated rings. The van der Waals surface area contributed by atoms with Gasteiger partial charge in [0.05, 0.1) is 39.5 Å². The molecule has 176 valence electrons. The van der Waals surface area contributed by atoms with Crippen molar-refractivity contribution in [2.75, 3.05) is 40.1 Å². The Balaban J connectivity index is 1.26. The zero-order chi connectivity index (χ0) is 22.3. The maximum Gasteiger partial charge on any atom is 0.308 e. The first-order chi connectivity index (χ1) is 15.6. The number of nitrogens with one attached hydrogen (secondary N) is 1. The molecule has 32 heavy (non-hydrogen) atoms. The van der Waals surface area contributed by atoms with E-state index in [0.717, 1.165) is 42.4 Å². The third-order valence-corrected chi connectivity index (χ3v) is 6.51. The van der Waals surface area contributed by atoms with Gasteiger partial charge in [0.1, 0.15) is 0 Å². The number of esters is 1. The number of amides is 1. The summed E-state index contributed by atoms with van der Waals surface area (Å²) in [5, 5.41) is 3.06. The van der Waals surface area contributed by atoms with Gasteiger partial charge in [0.25, 0.3) is 0 Å². The summed E-state index contributed by atoms with van der Waals surface area (Å²) < 4.78 is 27.6. The second kappa shape index (κ2) is 11.2. The summed E-state index contributed by atoms with van der Waals surface area (Å²) in [6, 6.07) is 6.04. The van der Waals surface area contributed by atoms with Crippen LogP contribution in [0.25, 0.3) is 0 Å². The number of carbonyl (C=O) groups excluding carboxylic acids is 2. The molecule has 0 spiro atoms. The predicted molar refractivity (Wildman–Crippen MR) is 115 cm³/mol. The third-order valence-electron chi connectivity index (χ3n) is 6.51. The smallest absolute Gasteiger partial charge is 0.308 e. The zero-order valence-corrected chi connectivity index (χ0v) is 18.7. The Labute approximate surface area is 188 Å². The van der Waals surface area contributed by atoms with Crippen molar-refractivity contribution in [3.8, 4) is 0 Å². The van der Waals surface area contributed by atoms with Gasteiger partial charge in [-0.2, -0.15) is 0 Å². The minimum absolute atomic E-state index is 0.0111. The highest BCUT2D eigenvalue weighted by Gasteiger charge is 2.29. The molecule has 2 heterocycles. The molecular formula is C24H33NO7. The van der Waals surface area contributed by atoms with Crippen LogP contribution in [0.2, 0.25) is 0 Å². The summed E-state index contributed by atoms with van der Waals surface area (Å²) >= 11 is 0. The van der Waals surface area contributed by atoms with Crippen molar-refractivity contribution in [1.82, 2.24) is 5.32 Å². The molecule has 0 radical (unpaired) electrons. The molecule has 8 nitrogen and oxygen atoms in total. The average molecular weight is 448 g/mol. The highest BCUT2D eigenvalue weighted by atomic mass is 16.7. The van der Waals surface area contributed by atoms with Gasteiger partial charge in [-0.25, -0.2) is 0 Å². The fourth-order valence-electron chi connectivity index (χ4n) is 4.65. The summed E-state index contributed by atoms with van der Waals surface area (Å²) in [6.45, 7) is 2.93. The number of ether oxygens (including phenoxy) is 5. The van der Waals surface area contributed by atoms with Gasteiger partial charge >= 0.3 is 5.97 Å². The van der Waals surface area contributed by atoms with Gasteiger partial charge in [0.2, 0.25) is 5.91 Å². The fourth-order valence-corrected chi connectivity index (χ4v) is 4.65. The number of carbonyl (C=O) groups is 2. The van der Waals surface area contributed by atoms with E-state index in [4.69, 9.17) is 23.7 Å². The van der Waals surface area contributed by atoms with Gasteiger partial charge in [-0.1, -0.05) is 18.2 Å². The Morgan fingerprint density at radius 2 is 1.56 bits per heavy atom. The Kier molecular flexibility index (Phi) is 8.13. The lowest BCUT2D eigenvalue weighted by molar-refractivity contribution is -0.146. The molecule has 0 atom stereocenters. The summed E-state index contributed by atoms with van der Waals surface area (Å²) in [6.07, 6.45) is 3.78. The Morgan fingerprint density at radius 3 is 2.19 bits per heavy atom. The molecule has 4 rings (SSSR count). The van der Waals surface area contributed by atoms with E-state index in [-0.39, 0.29) is 17.8 Å². The van der Waals surface area contributed by atoms with Gasteiger partial charge in [0.15, 0.2) is 12.6 Å². The van der Waals surface area contributed by atoms with E-state index in [1.54, 1.807) is 0 Å². The molecule has 1 aliphatic carbocycles. The van der Waals surface area contributed by atoms with Crippen molar-refractivity contribution in [3.63, 3.8) is 0 Å². The van der Waals surface area contributed by atoms with E-state index in [0.29, 0.717) is 51.7 Å². The van der Waals surface area contributed by atoms with E-state index in [9.17, 15) is 9.59 Å². The van der Waals surface area contributed by atoms with Gasteiger partial charge < -0.3 is 29.0 Å². The second-order valence-corrected chi connectivity index (χ2v) is 8.66. The highest BCUT2D eigenvalue weighted by Crippen LogP contribution is 2.34. The molecule has 0 aromatic heterocycles. The minimum atomic E-state index is -0.424. The average Bonchev–Trinajstić information content (AvgIpc) is 3.56. The Hall–Kier alpha value is -2.00. The molecule has 1 saturated carbocycles. The molecule has 8 heteroatoms. The SMILES string of the molecule is COC(=O)[C@H]1CC[C@H](CNC(=O)CCc2ccc(C3OCCO3)c(C3OCCO3)c2)CC1. The van der Waals surface area contributed by atoms with Gasteiger partial charge in [-0.15, -0.1) is 0 Å². The van der Waals surface area contributed by atoms with Crippen molar-refractivity contribution in [2.24, 2.45) is 11.8 Å². The molecule has 0 unspecified atom stereocenters. The van der Waals surface area contributed by atoms with Crippen LogP contribution >= 0.6 is 0 Å². The predicted octanol–water partition coefficient (Wildman–Crippen LogP) is 2.81. The van der Waals surface area contributed by atoms with Crippen molar-refractivity contribution < 1.29 is 33.3 Å². The van der Waals surface area contributed by atoms with Crippen LogP contribution in [0.15, 0.2) is 18.2 Å². The molecule has 1 aromatic carbocycles. The first-order valence-corrected chi connectivity index (χ1v) is 11.6. The van der Waals surface area contributed by atoms with Crippen LogP contribution in [0.5, 0.6) is 0 Å². The highest BCUT2D eigenvalue weighted by molar-refractivity contribution is 5.76. The molecule has 2 saturated heterocycles. The topological polar surface area (TPSA) is 92.3 Å². The minimum Gasteiger partial charge on any atom is -0.469 e. The maximum atomic E-state index is 12.4. The molecular weight excluding hydrogens is 414 g/mol. The molecule has 2 aliphatic heterocycles. The van der Waals surface area contributed by atoms with E-state index in [2.05, 4.69) is 5.32 Å². The van der Waals surface area contributed by atoms with Crippen LogP contribution in [-0.2, 0) is 39.7 Å². The lowest BCUT2D eigenvalue weighted by atomic mass is 9.82. The van der Waals surface area contributed by atoms with Gasteiger partial charge in [0, 0.05) is 24.1 Å². The Morgan fingerprint density at radius 1 is 0.938 bits per heavy atom. The van der Waals surface area contributed by atoms with Crippen molar-refractivity contribution in [1.29, 1.82) is 0 Å². The zero-order valence-electron chi connectivity index (χ0n) is 18.7. The van der Waals surface area contributed by atoms with Crippen LogP contribution in [0.3, 0.4) is 0 Å². The number of aryl methyl sites for hydroxylation is 1. The molecule has 0 bridgehead atoms. The quantitative estimate of drug-likeness (QED) is 0.613. The molecule has 3 aliphatic rings. The van der Waals surface area contributed by atoms with Crippen LogP contribution in [0, 0.1) is 11.8 Å². The number of hydrogen-bond donors (Lipinski definition) is 1. The number of rotatable bonds is 8. The summed E-state index contributed by atoms with van der Waals surface area (Å²) in [4.78, 5) is 24.1. The van der Waals surface area contributed by atoms with E-state index in [1.165, 1.54) is 7.11 Å². The Bertz CT molecular complexity index is 779. The largest absolute Gasteiger partial charge is 0.469 e. The first-order valence-electron chi connectivity index (χ1n) is 11.6. The molecule has 1 amide bonds. The third kappa shape index (κ3) is 5.86. The second-order valence-electron chi connectivity index (χ2n) is 8.66. The van der Waals surface area contributed by atoms with Crippen molar-refractivity contribution in [3.05, 3.63) is 34.9 Å². The van der Waals surface area contributed by atoms with Gasteiger partial charge in [-0.05, 0) is 43.6 Å². The molecule has 1 N–H and O–H groups in total. The van der Waals surface area contributed by atoms with Crippen LogP contribution < -0.4 is 5.32 Å². The van der Waals surface area contributed by atoms with Crippen LogP contribution in [-0.4, -0.2) is 52.0 Å². The van der Waals surface area contributed by atoms with Crippen molar-refractivity contribution >= 4 is 11.9 Å². The van der Waals surface area contributed by atoms with E-state index in [1.807, 2.05) is 18.2 Å².